The average molecular weight is 320 g/mol. The molecule has 0 N–H and O–H groups in total. The van der Waals surface area contributed by atoms with Crippen LogP contribution in [0.15, 0.2) is 40.2 Å². The van der Waals surface area contributed by atoms with Crippen LogP contribution in [0.25, 0.3) is 0 Å². The van der Waals surface area contributed by atoms with Crippen molar-refractivity contribution in [3.05, 3.63) is 35.2 Å². The Kier molecular flexibility index (Phi) is 5.21. The summed E-state index contributed by atoms with van der Waals surface area (Å²) in [6, 6.07) is 7.18. The van der Waals surface area contributed by atoms with Crippen molar-refractivity contribution in [2.75, 3.05) is 20.8 Å². The van der Waals surface area contributed by atoms with Crippen LogP contribution in [-0.4, -0.2) is 42.7 Å². The van der Waals surface area contributed by atoms with Gasteiger partial charge in [0.05, 0.1) is 24.8 Å². The lowest BCUT2D eigenvalue weighted by atomic mass is 10.3. The Bertz CT molecular complexity index is 637. The number of esters is 1. The van der Waals surface area contributed by atoms with Crippen molar-refractivity contribution in [3.63, 3.8) is 0 Å². The van der Waals surface area contributed by atoms with Crippen molar-refractivity contribution in [2.24, 2.45) is 4.99 Å². The SMILES string of the molecule is CCN1C(=O)C(=CC(=O)OC)SC1=Nc1ccc(OC)cc1. The predicted octanol–water partition coefficient (Wildman–Crippen LogP) is 2.33. The quantitative estimate of drug-likeness (QED) is 0.629. The number of carbonyl (C=O) groups is 2. The van der Waals surface area contributed by atoms with Gasteiger partial charge in [-0.05, 0) is 43.0 Å². The molecule has 7 heteroatoms. The Hall–Kier alpha value is -2.28. The summed E-state index contributed by atoms with van der Waals surface area (Å²) in [5.74, 6) is -0.0690. The van der Waals surface area contributed by atoms with E-state index >= 15 is 0 Å². The molecular weight excluding hydrogens is 304 g/mol. The lowest BCUT2D eigenvalue weighted by Crippen LogP contribution is -2.28. The average Bonchev–Trinajstić information content (AvgIpc) is 2.83. The van der Waals surface area contributed by atoms with Crippen LogP contribution in [0.4, 0.5) is 5.69 Å². The van der Waals surface area contributed by atoms with Crippen LogP contribution < -0.4 is 4.74 Å². The van der Waals surface area contributed by atoms with Crippen molar-refractivity contribution in [1.29, 1.82) is 0 Å². The Morgan fingerprint density at radius 3 is 2.55 bits per heavy atom. The molecule has 1 fully saturated rings. The molecule has 6 nitrogen and oxygen atoms in total. The minimum atomic E-state index is -0.558. The highest BCUT2D eigenvalue weighted by Gasteiger charge is 2.32. The fourth-order valence-electron chi connectivity index (χ4n) is 1.80. The fourth-order valence-corrected chi connectivity index (χ4v) is 2.83. The maximum absolute atomic E-state index is 12.2. The van der Waals surface area contributed by atoms with Gasteiger partial charge in [0.1, 0.15) is 5.75 Å². The molecule has 0 aliphatic carbocycles. The first kappa shape index (κ1) is 16.1. The maximum atomic E-state index is 12.2. The lowest BCUT2D eigenvalue weighted by molar-refractivity contribution is -0.135. The van der Waals surface area contributed by atoms with Gasteiger partial charge in [-0.1, -0.05) is 0 Å². The number of likely N-dealkylation sites (N-methyl/N-ethyl adjacent to an activating group) is 1. The number of benzene rings is 1. The summed E-state index contributed by atoms with van der Waals surface area (Å²) in [5, 5.41) is 0.535. The molecule has 0 saturated carbocycles. The van der Waals surface area contributed by atoms with Crippen molar-refractivity contribution in [1.82, 2.24) is 4.90 Å². The zero-order valence-corrected chi connectivity index (χ0v) is 13.3. The monoisotopic (exact) mass is 320 g/mol. The van der Waals surface area contributed by atoms with E-state index in [9.17, 15) is 9.59 Å². The van der Waals surface area contributed by atoms with Crippen molar-refractivity contribution < 1.29 is 19.1 Å². The third kappa shape index (κ3) is 3.48. The Labute approximate surface area is 132 Å². The first-order chi connectivity index (χ1) is 10.6. The van der Waals surface area contributed by atoms with Gasteiger partial charge in [-0.15, -0.1) is 0 Å². The van der Waals surface area contributed by atoms with Gasteiger partial charge in [-0.2, -0.15) is 0 Å². The number of amides is 1. The highest BCUT2D eigenvalue weighted by atomic mass is 32.2. The zero-order chi connectivity index (χ0) is 16.1. The number of hydrogen-bond donors (Lipinski definition) is 0. The molecule has 0 radical (unpaired) electrons. The first-order valence-corrected chi connectivity index (χ1v) is 7.42. The fraction of sp³-hybridized carbons (Fsp3) is 0.267. The second-order valence-electron chi connectivity index (χ2n) is 4.28. The molecule has 1 heterocycles. The molecule has 1 aliphatic heterocycles. The maximum Gasteiger partial charge on any atom is 0.331 e. The minimum Gasteiger partial charge on any atom is -0.497 e. The number of hydrogen-bond acceptors (Lipinski definition) is 6. The summed E-state index contributed by atoms with van der Waals surface area (Å²) >= 11 is 1.16. The van der Waals surface area contributed by atoms with Crippen LogP contribution in [0.2, 0.25) is 0 Å². The zero-order valence-electron chi connectivity index (χ0n) is 12.5. The van der Waals surface area contributed by atoms with Crippen molar-refractivity contribution in [2.45, 2.75) is 6.92 Å². The Morgan fingerprint density at radius 2 is 2.00 bits per heavy atom. The van der Waals surface area contributed by atoms with Gasteiger partial charge in [0, 0.05) is 12.6 Å². The van der Waals surface area contributed by atoms with Crippen LogP contribution in [0.1, 0.15) is 6.92 Å². The standard InChI is InChI=1S/C15H16N2O4S/c1-4-17-14(19)12(9-13(18)21-3)22-15(17)16-10-5-7-11(20-2)8-6-10/h5-9H,4H2,1-3H3. The molecule has 0 bridgehead atoms. The molecule has 1 aromatic carbocycles. The first-order valence-electron chi connectivity index (χ1n) is 6.61. The van der Waals surface area contributed by atoms with Crippen molar-refractivity contribution >= 4 is 34.5 Å². The number of nitrogens with zero attached hydrogens (tertiary/aromatic N) is 2. The Balaban J connectivity index is 2.29. The van der Waals surface area contributed by atoms with Gasteiger partial charge in [0.2, 0.25) is 0 Å². The summed E-state index contributed by atoms with van der Waals surface area (Å²) in [4.78, 5) is 29.8. The number of amidine groups is 1. The van der Waals surface area contributed by atoms with Crippen LogP contribution >= 0.6 is 11.8 Å². The summed E-state index contributed by atoms with van der Waals surface area (Å²) in [6.07, 6.45) is 1.19. The molecule has 0 spiro atoms. The second-order valence-corrected chi connectivity index (χ2v) is 5.28. The predicted molar refractivity (Wildman–Crippen MR) is 85.2 cm³/mol. The van der Waals surface area contributed by atoms with Gasteiger partial charge in [-0.3, -0.25) is 9.69 Å². The number of thioether (sulfide) groups is 1. The van der Waals surface area contributed by atoms with Gasteiger partial charge < -0.3 is 9.47 Å². The van der Waals surface area contributed by atoms with Crippen LogP contribution in [0.3, 0.4) is 0 Å². The van der Waals surface area contributed by atoms with E-state index < -0.39 is 5.97 Å². The Morgan fingerprint density at radius 1 is 1.32 bits per heavy atom. The summed E-state index contributed by atoms with van der Waals surface area (Å²) in [6.45, 7) is 2.32. The number of rotatable bonds is 4. The van der Waals surface area contributed by atoms with Gasteiger partial charge in [0.25, 0.3) is 5.91 Å². The normalized spacial score (nSPS) is 18.1. The van der Waals surface area contributed by atoms with Crippen LogP contribution in [0.5, 0.6) is 5.75 Å². The number of ether oxygens (including phenoxy) is 2. The largest absolute Gasteiger partial charge is 0.497 e. The summed E-state index contributed by atoms with van der Waals surface area (Å²) in [5.41, 5.74) is 0.703. The number of methoxy groups -OCH3 is 2. The van der Waals surface area contributed by atoms with E-state index in [0.717, 1.165) is 17.5 Å². The van der Waals surface area contributed by atoms with Crippen LogP contribution in [-0.2, 0) is 14.3 Å². The molecule has 1 saturated heterocycles. The highest BCUT2D eigenvalue weighted by Crippen LogP contribution is 2.32. The molecule has 22 heavy (non-hydrogen) atoms. The number of carbonyl (C=O) groups excluding carboxylic acids is 2. The van der Waals surface area contributed by atoms with E-state index in [2.05, 4.69) is 9.73 Å². The molecule has 0 unspecified atom stereocenters. The minimum absolute atomic E-state index is 0.245. The highest BCUT2D eigenvalue weighted by molar-refractivity contribution is 8.18. The summed E-state index contributed by atoms with van der Waals surface area (Å²) in [7, 11) is 2.86. The van der Waals surface area contributed by atoms with E-state index in [1.165, 1.54) is 18.1 Å². The second kappa shape index (κ2) is 7.13. The molecule has 1 aliphatic rings. The third-order valence-electron chi connectivity index (χ3n) is 2.95. The molecule has 0 aromatic heterocycles. The van der Waals surface area contributed by atoms with Gasteiger partial charge in [-0.25, -0.2) is 9.79 Å². The third-order valence-corrected chi connectivity index (χ3v) is 3.96. The summed E-state index contributed by atoms with van der Waals surface area (Å²) < 4.78 is 9.65. The van der Waals surface area contributed by atoms with Crippen LogP contribution in [0, 0.1) is 0 Å². The van der Waals surface area contributed by atoms with E-state index in [0.29, 0.717) is 22.3 Å². The molecule has 1 amide bonds. The van der Waals surface area contributed by atoms with Crippen molar-refractivity contribution in [3.8, 4) is 5.75 Å². The topological polar surface area (TPSA) is 68.2 Å². The molecule has 0 atom stereocenters. The lowest BCUT2D eigenvalue weighted by Gasteiger charge is -2.12. The smallest absolute Gasteiger partial charge is 0.331 e. The molecule has 2 rings (SSSR count). The molecule has 116 valence electrons. The van der Waals surface area contributed by atoms with Gasteiger partial charge in [0.15, 0.2) is 5.17 Å². The van der Waals surface area contributed by atoms with E-state index in [4.69, 9.17) is 4.74 Å². The van der Waals surface area contributed by atoms with E-state index in [1.54, 1.807) is 31.4 Å². The van der Waals surface area contributed by atoms with E-state index in [1.807, 2.05) is 6.92 Å². The number of aliphatic imine (C=N–C) groups is 1. The van der Waals surface area contributed by atoms with Gasteiger partial charge >= 0.3 is 5.97 Å². The van der Waals surface area contributed by atoms with E-state index in [-0.39, 0.29) is 5.91 Å². The molecule has 1 aromatic rings. The molecular formula is C15H16N2O4S.